The summed E-state index contributed by atoms with van der Waals surface area (Å²) >= 11 is 0. The summed E-state index contributed by atoms with van der Waals surface area (Å²) in [5.74, 6) is 0.843. The van der Waals surface area contributed by atoms with Crippen LogP contribution >= 0.6 is 0 Å². The molecule has 0 aliphatic carbocycles. The maximum Gasteiger partial charge on any atom is 0.273 e. The van der Waals surface area contributed by atoms with Gasteiger partial charge in [-0.05, 0) is 30.0 Å². The normalized spacial score (nSPS) is 14.6. The molecule has 0 saturated carbocycles. The molecule has 2 aromatic rings. The van der Waals surface area contributed by atoms with E-state index in [-0.39, 0.29) is 5.91 Å². The third kappa shape index (κ3) is 3.90. The first-order valence-electron chi connectivity index (χ1n) is 9.14. The van der Waals surface area contributed by atoms with Crippen LogP contribution in [-0.4, -0.2) is 40.5 Å². The maximum absolute atomic E-state index is 12.6. The Labute approximate surface area is 149 Å². The van der Waals surface area contributed by atoms with Crippen molar-refractivity contribution in [1.82, 2.24) is 25.6 Å². The van der Waals surface area contributed by atoms with Crippen LogP contribution in [0.25, 0.3) is 5.69 Å². The van der Waals surface area contributed by atoms with E-state index in [9.17, 15) is 4.79 Å². The van der Waals surface area contributed by atoms with Gasteiger partial charge in [0, 0.05) is 25.6 Å². The Hall–Kier alpha value is -2.21. The van der Waals surface area contributed by atoms with Gasteiger partial charge in [0.25, 0.3) is 5.91 Å². The lowest BCUT2D eigenvalue weighted by molar-refractivity contribution is 0.0936. The second kappa shape index (κ2) is 7.78. The molecule has 1 saturated heterocycles. The Morgan fingerprint density at radius 1 is 1.40 bits per heavy atom. The van der Waals surface area contributed by atoms with Crippen LogP contribution in [0.5, 0.6) is 0 Å². The molecular weight excluding hydrogens is 314 g/mol. The Morgan fingerprint density at radius 3 is 2.84 bits per heavy atom. The number of nitrogens with one attached hydrogen (secondary N) is 2. The number of aromatic nitrogens is 3. The summed E-state index contributed by atoms with van der Waals surface area (Å²) in [6.45, 7) is 9.06. The standard InChI is InChI=1S/C19H27N5O/c1-4-6-17-18(19(25)21-12-14-10-20-11-14)22-23-24(17)16-8-5-7-15(9-16)13(2)3/h5,7-9,13-14,20H,4,6,10-12H2,1-3H3,(H,21,25). The van der Waals surface area contributed by atoms with E-state index in [1.807, 2.05) is 16.8 Å². The summed E-state index contributed by atoms with van der Waals surface area (Å²) < 4.78 is 1.81. The van der Waals surface area contributed by atoms with Crippen LogP contribution in [-0.2, 0) is 6.42 Å². The molecule has 134 valence electrons. The zero-order valence-electron chi connectivity index (χ0n) is 15.2. The molecular formula is C19H27N5O. The van der Waals surface area contributed by atoms with E-state index < -0.39 is 0 Å². The van der Waals surface area contributed by atoms with Crippen molar-refractivity contribution in [2.75, 3.05) is 19.6 Å². The highest BCUT2D eigenvalue weighted by Crippen LogP contribution is 2.20. The van der Waals surface area contributed by atoms with Crippen molar-refractivity contribution < 1.29 is 4.79 Å². The summed E-state index contributed by atoms with van der Waals surface area (Å²) in [6.07, 6.45) is 1.71. The fraction of sp³-hybridized carbons (Fsp3) is 0.526. The Kier molecular flexibility index (Phi) is 5.48. The molecule has 1 aromatic heterocycles. The van der Waals surface area contributed by atoms with Crippen molar-refractivity contribution in [2.24, 2.45) is 5.92 Å². The van der Waals surface area contributed by atoms with Crippen LogP contribution in [0, 0.1) is 5.92 Å². The van der Waals surface area contributed by atoms with Gasteiger partial charge in [0.1, 0.15) is 0 Å². The van der Waals surface area contributed by atoms with Crippen LogP contribution in [0.1, 0.15) is 54.9 Å². The van der Waals surface area contributed by atoms with Crippen molar-refractivity contribution in [3.8, 4) is 5.69 Å². The van der Waals surface area contributed by atoms with Gasteiger partial charge in [-0.15, -0.1) is 5.10 Å². The monoisotopic (exact) mass is 341 g/mol. The Balaban J connectivity index is 1.85. The fourth-order valence-electron chi connectivity index (χ4n) is 2.98. The van der Waals surface area contributed by atoms with E-state index in [0.717, 1.165) is 37.3 Å². The quantitative estimate of drug-likeness (QED) is 0.810. The van der Waals surface area contributed by atoms with Gasteiger partial charge >= 0.3 is 0 Å². The van der Waals surface area contributed by atoms with Crippen molar-refractivity contribution in [3.63, 3.8) is 0 Å². The summed E-state index contributed by atoms with van der Waals surface area (Å²) in [4.78, 5) is 12.6. The molecule has 1 aliphatic rings. The first kappa shape index (κ1) is 17.6. The molecule has 0 bridgehead atoms. The van der Waals surface area contributed by atoms with Crippen molar-refractivity contribution in [3.05, 3.63) is 41.2 Å². The summed E-state index contributed by atoms with van der Waals surface area (Å²) in [5, 5.41) is 14.7. The summed E-state index contributed by atoms with van der Waals surface area (Å²) in [7, 11) is 0. The van der Waals surface area contributed by atoms with E-state index in [4.69, 9.17) is 0 Å². The maximum atomic E-state index is 12.6. The van der Waals surface area contributed by atoms with Gasteiger partial charge in [0.2, 0.25) is 0 Å². The first-order valence-corrected chi connectivity index (χ1v) is 9.14. The fourth-order valence-corrected chi connectivity index (χ4v) is 2.98. The third-order valence-electron chi connectivity index (χ3n) is 4.66. The minimum Gasteiger partial charge on any atom is -0.350 e. The number of benzene rings is 1. The Bertz CT molecular complexity index is 733. The summed E-state index contributed by atoms with van der Waals surface area (Å²) in [6, 6.07) is 8.29. The number of amides is 1. The number of rotatable bonds is 7. The highest BCUT2D eigenvalue weighted by atomic mass is 16.2. The number of carbonyl (C=O) groups is 1. The molecule has 0 atom stereocenters. The topological polar surface area (TPSA) is 71.8 Å². The smallest absolute Gasteiger partial charge is 0.273 e. The van der Waals surface area contributed by atoms with Crippen LogP contribution in [0.15, 0.2) is 24.3 Å². The number of carbonyl (C=O) groups excluding carboxylic acids is 1. The lowest BCUT2D eigenvalue weighted by Gasteiger charge is -2.26. The molecule has 0 radical (unpaired) electrons. The van der Waals surface area contributed by atoms with Gasteiger partial charge in [-0.25, -0.2) is 4.68 Å². The van der Waals surface area contributed by atoms with Crippen molar-refractivity contribution in [2.45, 2.75) is 39.5 Å². The van der Waals surface area contributed by atoms with Gasteiger partial charge in [0.05, 0.1) is 11.4 Å². The Morgan fingerprint density at radius 2 is 2.20 bits per heavy atom. The highest BCUT2D eigenvalue weighted by Gasteiger charge is 2.22. The van der Waals surface area contributed by atoms with Crippen LogP contribution < -0.4 is 10.6 Å². The average molecular weight is 341 g/mol. The average Bonchev–Trinajstić information content (AvgIpc) is 2.97. The predicted molar refractivity (Wildman–Crippen MR) is 98.1 cm³/mol. The SMILES string of the molecule is CCCc1c(C(=O)NCC2CNC2)nnn1-c1cccc(C(C)C)c1. The van der Waals surface area contributed by atoms with Crippen LogP contribution in [0.4, 0.5) is 0 Å². The van der Waals surface area contributed by atoms with Gasteiger partial charge in [-0.3, -0.25) is 4.79 Å². The number of hydrogen-bond acceptors (Lipinski definition) is 4. The lowest BCUT2D eigenvalue weighted by Crippen LogP contribution is -2.48. The van der Waals surface area contributed by atoms with E-state index >= 15 is 0 Å². The second-order valence-corrected chi connectivity index (χ2v) is 7.03. The molecule has 1 fully saturated rings. The molecule has 3 rings (SSSR count). The lowest BCUT2D eigenvalue weighted by atomic mass is 10.0. The molecule has 0 unspecified atom stereocenters. The minimum absolute atomic E-state index is 0.124. The number of hydrogen-bond donors (Lipinski definition) is 2. The van der Waals surface area contributed by atoms with Crippen LogP contribution in [0.2, 0.25) is 0 Å². The van der Waals surface area contributed by atoms with Crippen molar-refractivity contribution >= 4 is 5.91 Å². The van der Waals surface area contributed by atoms with E-state index in [2.05, 4.69) is 53.8 Å². The zero-order valence-corrected chi connectivity index (χ0v) is 15.2. The van der Waals surface area contributed by atoms with Crippen LogP contribution in [0.3, 0.4) is 0 Å². The third-order valence-corrected chi connectivity index (χ3v) is 4.66. The largest absolute Gasteiger partial charge is 0.350 e. The molecule has 6 heteroatoms. The van der Waals surface area contributed by atoms with Gasteiger partial charge in [-0.2, -0.15) is 0 Å². The van der Waals surface area contributed by atoms with E-state index in [1.165, 1.54) is 5.56 Å². The molecule has 6 nitrogen and oxygen atoms in total. The molecule has 25 heavy (non-hydrogen) atoms. The molecule has 1 aliphatic heterocycles. The van der Waals surface area contributed by atoms with Gasteiger partial charge in [-0.1, -0.05) is 44.5 Å². The van der Waals surface area contributed by atoms with Gasteiger partial charge in [0.15, 0.2) is 5.69 Å². The predicted octanol–water partition coefficient (Wildman–Crippen LogP) is 2.29. The molecule has 1 aromatic carbocycles. The minimum atomic E-state index is -0.124. The highest BCUT2D eigenvalue weighted by molar-refractivity contribution is 5.93. The number of nitrogens with zero attached hydrogens (tertiary/aromatic N) is 3. The summed E-state index contributed by atoms with van der Waals surface area (Å²) in [5.41, 5.74) is 3.54. The second-order valence-electron chi connectivity index (χ2n) is 7.03. The molecule has 1 amide bonds. The zero-order chi connectivity index (χ0) is 17.8. The van der Waals surface area contributed by atoms with E-state index in [0.29, 0.717) is 24.1 Å². The molecule has 2 N–H and O–H groups in total. The van der Waals surface area contributed by atoms with Crippen molar-refractivity contribution in [1.29, 1.82) is 0 Å². The van der Waals surface area contributed by atoms with E-state index in [1.54, 1.807) is 0 Å². The molecule has 0 spiro atoms. The first-order chi connectivity index (χ1) is 12.1. The molecule has 2 heterocycles. The van der Waals surface area contributed by atoms with Gasteiger partial charge < -0.3 is 10.6 Å².